The van der Waals surface area contributed by atoms with E-state index in [0.717, 1.165) is 0 Å². The number of nitrogens with zero attached hydrogens (tertiary/aromatic N) is 2. The molecule has 1 amide bonds. The van der Waals surface area contributed by atoms with Gasteiger partial charge in [0.15, 0.2) is 15.6 Å². The maximum Gasteiger partial charge on any atom is 0.258 e. The molecule has 0 radical (unpaired) electrons. The second kappa shape index (κ2) is 14.3. The van der Waals surface area contributed by atoms with Gasteiger partial charge in [0.25, 0.3) is 5.91 Å². The Hall–Kier alpha value is -3.19. The number of amides is 1. The Morgan fingerprint density at radius 3 is 2.29 bits per heavy atom. The third-order valence-corrected chi connectivity index (χ3v) is 6.56. The van der Waals surface area contributed by atoms with Crippen LogP contribution in [0.1, 0.15) is 6.92 Å². The van der Waals surface area contributed by atoms with Crippen LogP contribution < -0.4 is 26.4 Å². The van der Waals surface area contributed by atoms with Gasteiger partial charge in [-0.05, 0) is 43.3 Å². The molecule has 0 aromatic heterocycles. The van der Waals surface area contributed by atoms with Crippen LogP contribution in [0.4, 0.5) is 11.4 Å². The molecule has 0 aliphatic rings. The fourth-order valence-electron chi connectivity index (χ4n) is 2.97. The van der Waals surface area contributed by atoms with E-state index in [-0.39, 0.29) is 10.6 Å². The molecule has 0 aliphatic heterocycles. The Kier molecular flexibility index (Phi) is 11.4. The zero-order chi connectivity index (χ0) is 25.7. The Balaban J connectivity index is 1.97. The van der Waals surface area contributed by atoms with Crippen molar-refractivity contribution in [2.24, 2.45) is 16.0 Å². The van der Waals surface area contributed by atoms with Crippen LogP contribution in [0.15, 0.2) is 63.7 Å². The van der Waals surface area contributed by atoms with Crippen molar-refractivity contribution in [1.82, 2.24) is 10.6 Å². The number of nitrogens with two attached hydrogens (primary N) is 1. The first-order valence-electron chi connectivity index (χ1n) is 11.1. The maximum absolute atomic E-state index is 12.6. The number of carbonyl (C=O) groups excluding carboxylic acids is 2. The van der Waals surface area contributed by atoms with Crippen LogP contribution in [0.2, 0.25) is 0 Å². The molecular formula is C23H32N6O5S. The summed E-state index contributed by atoms with van der Waals surface area (Å²) in [4.78, 5) is 24.7. The average molecular weight is 505 g/mol. The summed E-state index contributed by atoms with van der Waals surface area (Å²) in [5.41, 5.74) is 6.10. The predicted octanol–water partition coefficient (Wildman–Crippen LogP) is 1.29. The topological polar surface area (TPSA) is 164 Å². The van der Waals surface area contributed by atoms with E-state index in [4.69, 9.17) is 10.5 Å². The van der Waals surface area contributed by atoms with E-state index >= 15 is 0 Å². The van der Waals surface area contributed by atoms with Crippen LogP contribution in [0, 0.1) is 0 Å². The summed E-state index contributed by atoms with van der Waals surface area (Å²) in [5.74, 6) is -0.766. The molecule has 0 heterocycles. The summed E-state index contributed by atoms with van der Waals surface area (Å²) < 4.78 is 30.2. The van der Waals surface area contributed by atoms with Gasteiger partial charge in [-0.3, -0.25) is 9.59 Å². The molecular weight excluding hydrogens is 472 g/mol. The second-order valence-corrected chi connectivity index (χ2v) is 9.63. The van der Waals surface area contributed by atoms with E-state index < -0.39 is 27.6 Å². The number of carbonyl (C=O) groups is 2. The number of hydrogen-bond acceptors (Lipinski definition) is 10. The van der Waals surface area contributed by atoms with Crippen LogP contribution in [0.25, 0.3) is 0 Å². The highest BCUT2D eigenvalue weighted by Crippen LogP contribution is 2.24. The second-order valence-electron chi connectivity index (χ2n) is 7.52. The molecule has 0 fully saturated rings. The first-order chi connectivity index (χ1) is 16.8. The molecule has 1 atom stereocenters. The van der Waals surface area contributed by atoms with Gasteiger partial charge in [-0.25, -0.2) is 8.42 Å². The Morgan fingerprint density at radius 1 is 1.00 bits per heavy atom. The van der Waals surface area contributed by atoms with Crippen molar-refractivity contribution in [3.63, 3.8) is 0 Å². The van der Waals surface area contributed by atoms with Crippen molar-refractivity contribution >= 4 is 32.9 Å². The van der Waals surface area contributed by atoms with Gasteiger partial charge in [-0.1, -0.05) is 12.1 Å². The lowest BCUT2D eigenvalue weighted by atomic mass is 10.2. The fourth-order valence-corrected chi connectivity index (χ4v) is 4.16. The van der Waals surface area contributed by atoms with Crippen LogP contribution in [-0.4, -0.2) is 71.7 Å². The molecule has 2 aromatic carbocycles. The predicted molar refractivity (Wildman–Crippen MR) is 134 cm³/mol. The number of methoxy groups -OCH3 is 1. The molecule has 12 heteroatoms. The van der Waals surface area contributed by atoms with Crippen molar-refractivity contribution in [3.8, 4) is 5.75 Å². The quantitative estimate of drug-likeness (QED) is 0.160. The fraction of sp³-hybridized carbons (Fsp3) is 0.391. The summed E-state index contributed by atoms with van der Waals surface area (Å²) in [7, 11) is -2.01. The van der Waals surface area contributed by atoms with Crippen LogP contribution in [0.3, 0.4) is 0 Å². The summed E-state index contributed by atoms with van der Waals surface area (Å²) >= 11 is 0. The molecule has 2 rings (SSSR count). The largest absolute Gasteiger partial charge is 0.495 e. The molecule has 5 N–H and O–H groups in total. The lowest BCUT2D eigenvalue weighted by molar-refractivity contribution is -0.126. The van der Waals surface area contributed by atoms with E-state index in [9.17, 15) is 18.0 Å². The molecule has 0 saturated carbocycles. The number of ether oxygens (including phenoxy) is 1. The van der Waals surface area contributed by atoms with Gasteiger partial charge in [0.1, 0.15) is 5.75 Å². The molecule has 11 nitrogen and oxygen atoms in total. The third kappa shape index (κ3) is 9.17. The number of hydrogen-bond donors (Lipinski definition) is 4. The number of azo groups is 1. The van der Waals surface area contributed by atoms with Crippen LogP contribution in [0.5, 0.6) is 5.75 Å². The number of rotatable bonds is 15. The summed E-state index contributed by atoms with van der Waals surface area (Å²) in [5, 5.41) is 16.6. The smallest absolute Gasteiger partial charge is 0.258 e. The summed E-state index contributed by atoms with van der Waals surface area (Å²) in [6.45, 7) is 4.16. The van der Waals surface area contributed by atoms with Crippen molar-refractivity contribution in [3.05, 3.63) is 48.5 Å². The van der Waals surface area contributed by atoms with E-state index in [2.05, 4.69) is 26.2 Å². The highest BCUT2D eigenvalue weighted by Gasteiger charge is 2.24. The average Bonchev–Trinajstić information content (AvgIpc) is 2.84. The van der Waals surface area contributed by atoms with Gasteiger partial charge in [0.05, 0.1) is 29.1 Å². The highest BCUT2D eigenvalue weighted by atomic mass is 32.2. The summed E-state index contributed by atoms with van der Waals surface area (Å²) in [6, 6.07) is 11.2. The lowest BCUT2D eigenvalue weighted by Crippen LogP contribution is -2.32. The third-order valence-electron chi connectivity index (χ3n) is 4.83. The van der Waals surface area contributed by atoms with E-state index in [1.807, 2.05) is 0 Å². The van der Waals surface area contributed by atoms with Crippen molar-refractivity contribution in [2.75, 3.05) is 50.9 Å². The minimum atomic E-state index is -3.48. The highest BCUT2D eigenvalue weighted by molar-refractivity contribution is 7.91. The van der Waals surface area contributed by atoms with Crippen LogP contribution in [-0.2, 0) is 19.4 Å². The number of benzene rings is 2. The van der Waals surface area contributed by atoms with Gasteiger partial charge < -0.3 is 26.4 Å². The van der Waals surface area contributed by atoms with Crippen LogP contribution >= 0.6 is 0 Å². The minimum absolute atomic E-state index is 0.0553. The van der Waals surface area contributed by atoms with Gasteiger partial charge >= 0.3 is 0 Å². The maximum atomic E-state index is 12.6. The standard InChI is InChI=1S/C23H32N6O5S/c1-17(30)22(23(31)27-20-5-3-4-6-21(20)34-2)29-28-18-7-9-19(10-8-18)35(32,33)16-15-26-14-13-25-12-11-24/h3-10,22,25-26H,11-16,24H2,1-2H3,(H,27,31). The molecule has 2 aromatic rings. The van der Waals surface area contributed by atoms with E-state index in [1.54, 1.807) is 24.3 Å². The van der Waals surface area contributed by atoms with Crippen molar-refractivity contribution in [1.29, 1.82) is 0 Å². The van der Waals surface area contributed by atoms with E-state index in [0.29, 0.717) is 49.8 Å². The number of sulfone groups is 1. The molecule has 0 saturated heterocycles. The number of Topliss-reactive ketones (excluding diaryl/α,β-unsaturated/α-hetero) is 1. The van der Waals surface area contributed by atoms with Crippen molar-refractivity contribution < 1.29 is 22.7 Å². The van der Waals surface area contributed by atoms with E-state index in [1.165, 1.54) is 38.3 Å². The molecule has 35 heavy (non-hydrogen) atoms. The molecule has 0 aliphatic carbocycles. The first-order valence-corrected chi connectivity index (χ1v) is 12.7. The van der Waals surface area contributed by atoms with Gasteiger partial charge in [-0.2, -0.15) is 10.2 Å². The number of para-hydroxylation sites is 2. The molecule has 0 bridgehead atoms. The number of nitrogens with one attached hydrogen (secondary N) is 3. The normalized spacial score (nSPS) is 12.4. The van der Waals surface area contributed by atoms with Gasteiger partial charge in [-0.15, -0.1) is 0 Å². The zero-order valence-corrected chi connectivity index (χ0v) is 20.7. The minimum Gasteiger partial charge on any atom is -0.495 e. The Morgan fingerprint density at radius 2 is 1.66 bits per heavy atom. The molecule has 0 spiro atoms. The Bertz CT molecular complexity index is 1110. The molecule has 190 valence electrons. The monoisotopic (exact) mass is 504 g/mol. The van der Waals surface area contributed by atoms with Gasteiger partial charge in [0, 0.05) is 32.7 Å². The van der Waals surface area contributed by atoms with Gasteiger partial charge in [0.2, 0.25) is 6.04 Å². The summed E-state index contributed by atoms with van der Waals surface area (Å²) in [6.07, 6.45) is 0. The SMILES string of the molecule is COc1ccccc1NC(=O)C(N=Nc1ccc(S(=O)(=O)CCNCCNCCN)cc1)C(C)=O. The lowest BCUT2D eigenvalue weighted by Gasteiger charge is -2.12. The van der Waals surface area contributed by atoms with Crippen molar-refractivity contribution in [2.45, 2.75) is 17.9 Å². The zero-order valence-electron chi connectivity index (χ0n) is 19.9. The molecule has 1 unspecified atom stereocenters. The number of anilines is 1. The Labute approximate surface area is 205 Å². The number of ketones is 1. The first kappa shape index (κ1) is 28.1.